The molecule has 1 aliphatic rings. The fourth-order valence-electron chi connectivity index (χ4n) is 3.82. The van der Waals surface area contributed by atoms with Gasteiger partial charge in [0.1, 0.15) is 0 Å². The molecule has 0 radical (unpaired) electrons. The van der Waals surface area contributed by atoms with Crippen molar-refractivity contribution in [2.75, 3.05) is 44.8 Å². The Labute approximate surface area is 174 Å². The number of piperazine rings is 1. The molecule has 0 spiro atoms. The Bertz CT molecular complexity index is 802. The van der Waals surface area contributed by atoms with E-state index in [1.807, 2.05) is 4.90 Å². The standard InChI is InChI=1S/C20H29F3N6O/c1-15(2)13-18(19-24-25-26-29(19)11-12-30-3)28-9-7-27(8-10-28)17-6-4-5-16(14-17)20(21,22)23/h4-6,14-15,18H,7-13H2,1-3H3. The molecule has 1 saturated heterocycles. The van der Waals surface area contributed by atoms with E-state index in [1.54, 1.807) is 17.9 Å². The van der Waals surface area contributed by atoms with Crippen molar-refractivity contribution >= 4 is 5.69 Å². The van der Waals surface area contributed by atoms with Crippen LogP contribution in [0.4, 0.5) is 18.9 Å². The van der Waals surface area contributed by atoms with Crippen LogP contribution in [0.5, 0.6) is 0 Å². The second-order valence-corrected chi connectivity index (χ2v) is 7.97. The molecule has 166 valence electrons. The van der Waals surface area contributed by atoms with Gasteiger partial charge in [-0.15, -0.1) is 5.10 Å². The molecule has 2 aromatic rings. The van der Waals surface area contributed by atoms with Crippen molar-refractivity contribution in [3.05, 3.63) is 35.7 Å². The molecule has 1 aromatic carbocycles. The Morgan fingerprint density at radius 3 is 2.50 bits per heavy atom. The minimum Gasteiger partial charge on any atom is -0.383 e. The van der Waals surface area contributed by atoms with Crippen molar-refractivity contribution in [2.24, 2.45) is 5.92 Å². The molecule has 0 aliphatic carbocycles. The number of anilines is 1. The Hall–Kier alpha value is -2.20. The number of halogens is 3. The summed E-state index contributed by atoms with van der Waals surface area (Å²) in [5, 5.41) is 12.2. The van der Waals surface area contributed by atoms with Crippen LogP contribution in [0.3, 0.4) is 0 Å². The summed E-state index contributed by atoms with van der Waals surface area (Å²) in [7, 11) is 1.64. The molecule has 3 rings (SSSR count). The smallest absolute Gasteiger partial charge is 0.383 e. The van der Waals surface area contributed by atoms with Gasteiger partial charge in [-0.2, -0.15) is 13.2 Å². The number of rotatable bonds is 8. The topological polar surface area (TPSA) is 59.3 Å². The van der Waals surface area contributed by atoms with E-state index >= 15 is 0 Å². The van der Waals surface area contributed by atoms with E-state index in [4.69, 9.17) is 4.74 Å². The summed E-state index contributed by atoms with van der Waals surface area (Å²) >= 11 is 0. The van der Waals surface area contributed by atoms with Gasteiger partial charge >= 0.3 is 6.18 Å². The van der Waals surface area contributed by atoms with Crippen LogP contribution < -0.4 is 4.90 Å². The van der Waals surface area contributed by atoms with Gasteiger partial charge in [0, 0.05) is 39.0 Å². The summed E-state index contributed by atoms with van der Waals surface area (Å²) in [6.45, 7) is 8.18. The quantitative estimate of drug-likeness (QED) is 0.646. The van der Waals surface area contributed by atoms with Crippen LogP contribution in [0.2, 0.25) is 0 Å². The lowest BCUT2D eigenvalue weighted by molar-refractivity contribution is -0.137. The molecule has 0 saturated carbocycles. The summed E-state index contributed by atoms with van der Waals surface area (Å²) in [6, 6.07) is 5.60. The molecule has 0 bridgehead atoms. The third-order valence-corrected chi connectivity index (χ3v) is 5.35. The number of aromatic nitrogens is 4. The molecule has 7 nitrogen and oxygen atoms in total. The first-order valence-corrected chi connectivity index (χ1v) is 10.2. The van der Waals surface area contributed by atoms with Crippen molar-refractivity contribution in [3.8, 4) is 0 Å². The monoisotopic (exact) mass is 426 g/mol. The lowest BCUT2D eigenvalue weighted by Gasteiger charge is -2.40. The average Bonchev–Trinajstić information content (AvgIpc) is 3.18. The van der Waals surface area contributed by atoms with Gasteiger partial charge in [0.15, 0.2) is 5.82 Å². The molecular weight excluding hydrogens is 397 g/mol. The van der Waals surface area contributed by atoms with E-state index in [0.717, 1.165) is 31.4 Å². The Morgan fingerprint density at radius 1 is 1.13 bits per heavy atom. The van der Waals surface area contributed by atoms with E-state index in [-0.39, 0.29) is 6.04 Å². The number of ether oxygens (including phenoxy) is 1. The highest BCUT2D eigenvalue weighted by Crippen LogP contribution is 2.33. The molecule has 10 heteroatoms. The van der Waals surface area contributed by atoms with Crippen LogP contribution in [-0.4, -0.2) is 65.0 Å². The van der Waals surface area contributed by atoms with Crippen molar-refractivity contribution in [1.29, 1.82) is 0 Å². The van der Waals surface area contributed by atoms with E-state index in [2.05, 4.69) is 34.3 Å². The fourth-order valence-corrected chi connectivity index (χ4v) is 3.82. The maximum atomic E-state index is 13.1. The minimum absolute atomic E-state index is 0.0560. The first-order chi connectivity index (χ1) is 14.3. The SMILES string of the molecule is COCCn1nnnc1C(CC(C)C)N1CCN(c2cccc(C(F)(F)F)c2)CC1. The highest BCUT2D eigenvalue weighted by molar-refractivity contribution is 5.49. The zero-order valence-electron chi connectivity index (χ0n) is 17.6. The molecular formula is C20H29F3N6O. The van der Waals surface area contributed by atoms with E-state index < -0.39 is 11.7 Å². The number of hydrogen-bond acceptors (Lipinski definition) is 6. The zero-order valence-corrected chi connectivity index (χ0v) is 17.6. The van der Waals surface area contributed by atoms with Crippen molar-refractivity contribution in [3.63, 3.8) is 0 Å². The van der Waals surface area contributed by atoms with Crippen LogP contribution in [0, 0.1) is 5.92 Å². The summed E-state index contributed by atoms with van der Waals surface area (Å²) in [4.78, 5) is 4.34. The number of alkyl halides is 3. The van der Waals surface area contributed by atoms with Gasteiger partial charge in [0.25, 0.3) is 0 Å². The number of hydrogen-bond donors (Lipinski definition) is 0. The zero-order chi connectivity index (χ0) is 21.7. The second-order valence-electron chi connectivity index (χ2n) is 7.97. The maximum Gasteiger partial charge on any atom is 0.416 e. The lowest BCUT2D eigenvalue weighted by atomic mass is 10.0. The van der Waals surface area contributed by atoms with Gasteiger partial charge in [0.05, 0.1) is 24.8 Å². The van der Waals surface area contributed by atoms with Gasteiger partial charge in [-0.25, -0.2) is 4.68 Å². The Balaban J connectivity index is 1.72. The third kappa shape index (κ3) is 5.48. The summed E-state index contributed by atoms with van der Waals surface area (Å²) in [5.74, 6) is 1.26. The van der Waals surface area contributed by atoms with Gasteiger partial charge in [-0.05, 0) is 41.0 Å². The molecule has 30 heavy (non-hydrogen) atoms. The van der Waals surface area contributed by atoms with Crippen LogP contribution in [-0.2, 0) is 17.5 Å². The first-order valence-electron chi connectivity index (χ1n) is 10.2. The van der Waals surface area contributed by atoms with Crippen molar-refractivity contribution in [1.82, 2.24) is 25.1 Å². The van der Waals surface area contributed by atoms with E-state index in [0.29, 0.717) is 37.8 Å². The normalized spacial score (nSPS) is 17.0. The Morgan fingerprint density at radius 2 is 1.87 bits per heavy atom. The molecule has 0 N–H and O–H groups in total. The molecule has 0 amide bonds. The highest BCUT2D eigenvalue weighted by Gasteiger charge is 2.32. The average molecular weight is 426 g/mol. The van der Waals surface area contributed by atoms with Crippen LogP contribution in [0.1, 0.15) is 37.7 Å². The molecule has 2 heterocycles. The van der Waals surface area contributed by atoms with E-state index in [9.17, 15) is 13.2 Å². The fraction of sp³-hybridized carbons (Fsp3) is 0.650. The van der Waals surface area contributed by atoms with Crippen LogP contribution in [0.15, 0.2) is 24.3 Å². The number of tetrazole rings is 1. The summed E-state index contributed by atoms with van der Waals surface area (Å²) < 4.78 is 46.1. The van der Waals surface area contributed by atoms with Gasteiger partial charge in [-0.3, -0.25) is 4.90 Å². The number of benzene rings is 1. The van der Waals surface area contributed by atoms with Crippen LogP contribution in [0.25, 0.3) is 0 Å². The van der Waals surface area contributed by atoms with Gasteiger partial charge < -0.3 is 9.64 Å². The first kappa shape index (κ1) is 22.5. The molecule has 1 atom stereocenters. The van der Waals surface area contributed by atoms with Crippen molar-refractivity contribution in [2.45, 2.75) is 39.0 Å². The molecule has 1 fully saturated rings. The van der Waals surface area contributed by atoms with Crippen LogP contribution >= 0.6 is 0 Å². The Kier molecular flexibility index (Phi) is 7.30. The summed E-state index contributed by atoms with van der Waals surface area (Å²) in [5.41, 5.74) is -0.00718. The minimum atomic E-state index is -4.33. The highest BCUT2D eigenvalue weighted by atomic mass is 19.4. The largest absolute Gasteiger partial charge is 0.416 e. The second kappa shape index (κ2) is 9.74. The molecule has 1 unspecified atom stereocenters. The maximum absolute atomic E-state index is 13.1. The van der Waals surface area contributed by atoms with Crippen molar-refractivity contribution < 1.29 is 17.9 Å². The molecule has 1 aliphatic heterocycles. The molecule has 1 aromatic heterocycles. The van der Waals surface area contributed by atoms with E-state index in [1.165, 1.54) is 12.1 Å². The predicted molar refractivity (Wildman–Crippen MR) is 107 cm³/mol. The van der Waals surface area contributed by atoms with Gasteiger partial charge in [-0.1, -0.05) is 19.9 Å². The number of methoxy groups -OCH3 is 1. The third-order valence-electron chi connectivity index (χ3n) is 5.35. The predicted octanol–water partition coefficient (Wildman–Crippen LogP) is 3.25. The summed E-state index contributed by atoms with van der Waals surface area (Å²) in [6.07, 6.45) is -3.43. The lowest BCUT2D eigenvalue weighted by Crippen LogP contribution is -2.48. The van der Waals surface area contributed by atoms with Gasteiger partial charge in [0.2, 0.25) is 0 Å². The number of nitrogens with zero attached hydrogens (tertiary/aromatic N) is 6.